The van der Waals surface area contributed by atoms with Crippen molar-refractivity contribution in [3.05, 3.63) is 58.1 Å². The first-order chi connectivity index (χ1) is 16.2. The third-order valence-electron chi connectivity index (χ3n) is 5.17. The SMILES string of the molecule is CCOC(=O)N1CCN(S(=O)(=O)c2ccc(C(=O)Nc3ccc(OC)cc3[N+](=O)[O-])cc2)CC1. The van der Waals surface area contributed by atoms with Gasteiger partial charge in [0.1, 0.15) is 11.4 Å². The fourth-order valence-corrected chi connectivity index (χ4v) is 4.76. The molecule has 2 aromatic carbocycles. The van der Waals surface area contributed by atoms with Crippen LogP contribution in [0.15, 0.2) is 47.4 Å². The first-order valence-corrected chi connectivity index (χ1v) is 11.8. The molecule has 0 aromatic heterocycles. The van der Waals surface area contributed by atoms with Crippen molar-refractivity contribution >= 4 is 33.4 Å². The molecule has 1 aliphatic heterocycles. The lowest BCUT2D eigenvalue weighted by Crippen LogP contribution is -2.50. The number of anilines is 1. The molecular weight excluding hydrogens is 468 g/mol. The number of amides is 2. The van der Waals surface area contributed by atoms with Crippen LogP contribution in [0.4, 0.5) is 16.2 Å². The Morgan fingerprint density at radius 3 is 2.29 bits per heavy atom. The van der Waals surface area contributed by atoms with Crippen LogP contribution in [0.5, 0.6) is 5.75 Å². The van der Waals surface area contributed by atoms with Gasteiger partial charge in [-0.25, -0.2) is 13.2 Å². The van der Waals surface area contributed by atoms with Gasteiger partial charge in [0.2, 0.25) is 10.0 Å². The van der Waals surface area contributed by atoms with Gasteiger partial charge < -0.3 is 19.7 Å². The third kappa shape index (κ3) is 5.43. The zero-order valence-corrected chi connectivity index (χ0v) is 19.4. The van der Waals surface area contributed by atoms with Crippen LogP contribution in [0, 0.1) is 10.1 Å². The number of nitro groups is 1. The molecule has 1 saturated heterocycles. The second-order valence-corrected chi connectivity index (χ2v) is 9.15. The minimum atomic E-state index is -3.83. The van der Waals surface area contributed by atoms with E-state index in [4.69, 9.17) is 9.47 Å². The zero-order chi connectivity index (χ0) is 24.9. The molecule has 2 amide bonds. The standard InChI is InChI=1S/C21H24N4O8S/c1-3-33-21(27)23-10-12-24(13-11-23)34(30,31)17-7-4-15(5-8-17)20(26)22-18-9-6-16(32-2)14-19(18)25(28)29/h4-9,14H,3,10-13H2,1-2H3,(H,22,26). The normalized spacial score (nSPS) is 14.4. The lowest BCUT2D eigenvalue weighted by molar-refractivity contribution is -0.384. The minimum Gasteiger partial charge on any atom is -0.496 e. The second-order valence-electron chi connectivity index (χ2n) is 7.21. The summed E-state index contributed by atoms with van der Waals surface area (Å²) in [5, 5.41) is 13.8. The summed E-state index contributed by atoms with van der Waals surface area (Å²) in [5.74, 6) is -0.373. The number of carbonyl (C=O) groups is 2. The van der Waals surface area contributed by atoms with Gasteiger partial charge in [0.05, 0.1) is 29.6 Å². The predicted octanol–water partition coefficient (Wildman–Crippen LogP) is 2.32. The van der Waals surface area contributed by atoms with Crippen molar-refractivity contribution in [3.63, 3.8) is 0 Å². The van der Waals surface area contributed by atoms with Gasteiger partial charge in [-0.05, 0) is 43.3 Å². The molecule has 1 heterocycles. The Labute approximate surface area is 196 Å². The lowest BCUT2D eigenvalue weighted by atomic mass is 10.2. The highest BCUT2D eigenvalue weighted by molar-refractivity contribution is 7.89. The molecule has 12 nitrogen and oxygen atoms in total. The summed E-state index contributed by atoms with van der Waals surface area (Å²) in [6, 6.07) is 9.25. The van der Waals surface area contributed by atoms with E-state index in [0.29, 0.717) is 0 Å². The molecule has 0 unspecified atom stereocenters. The maximum Gasteiger partial charge on any atom is 0.409 e. The number of carbonyl (C=O) groups excluding carboxylic acids is 2. The third-order valence-corrected chi connectivity index (χ3v) is 7.08. The van der Waals surface area contributed by atoms with Crippen molar-refractivity contribution in [3.8, 4) is 5.75 Å². The van der Waals surface area contributed by atoms with E-state index in [-0.39, 0.29) is 60.4 Å². The molecule has 0 saturated carbocycles. The Kier molecular flexibility index (Phi) is 7.68. The Morgan fingerprint density at radius 1 is 1.09 bits per heavy atom. The van der Waals surface area contributed by atoms with E-state index in [1.165, 1.54) is 58.8 Å². The molecule has 0 aliphatic carbocycles. The maximum absolute atomic E-state index is 12.9. The topological polar surface area (TPSA) is 148 Å². The smallest absolute Gasteiger partial charge is 0.409 e. The van der Waals surface area contributed by atoms with Crippen LogP contribution in [0.3, 0.4) is 0 Å². The van der Waals surface area contributed by atoms with Gasteiger partial charge in [0.25, 0.3) is 11.6 Å². The number of methoxy groups -OCH3 is 1. The van der Waals surface area contributed by atoms with Gasteiger partial charge in [-0.2, -0.15) is 4.31 Å². The van der Waals surface area contributed by atoms with Gasteiger partial charge in [0, 0.05) is 31.7 Å². The van der Waals surface area contributed by atoms with E-state index in [1.54, 1.807) is 6.92 Å². The monoisotopic (exact) mass is 492 g/mol. The summed E-state index contributed by atoms with van der Waals surface area (Å²) >= 11 is 0. The summed E-state index contributed by atoms with van der Waals surface area (Å²) in [7, 11) is -2.46. The summed E-state index contributed by atoms with van der Waals surface area (Å²) in [5.41, 5.74) is -0.239. The van der Waals surface area contributed by atoms with Crippen molar-refractivity contribution in [2.45, 2.75) is 11.8 Å². The quantitative estimate of drug-likeness (QED) is 0.457. The van der Waals surface area contributed by atoms with Crippen LogP contribution in [0.2, 0.25) is 0 Å². The fourth-order valence-electron chi connectivity index (χ4n) is 3.34. The Hall–Kier alpha value is -3.71. The van der Waals surface area contributed by atoms with Crippen molar-refractivity contribution in [2.24, 2.45) is 0 Å². The molecule has 1 aliphatic rings. The predicted molar refractivity (Wildman–Crippen MR) is 121 cm³/mol. The molecule has 2 aromatic rings. The van der Waals surface area contributed by atoms with Crippen LogP contribution in [0.25, 0.3) is 0 Å². The van der Waals surface area contributed by atoms with Crippen LogP contribution in [-0.2, 0) is 14.8 Å². The van der Waals surface area contributed by atoms with Crippen molar-refractivity contribution < 1.29 is 32.4 Å². The zero-order valence-electron chi connectivity index (χ0n) is 18.6. The number of benzene rings is 2. The number of nitrogens with zero attached hydrogens (tertiary/aromatic N) is 3. The average Bonchev–Trinajstić information content (AvgIpc) is 2.84. The molecule has 0 bridgehead atoms. The molecule has 0 spiro atoms. The van der Waals surface area contributed by atoms with Crippen molar-refractivity contribution in [1.82, 2.24) is 9.21 Å². The minimum absolute atomic E-state index is 0.0101. The molecule has 0 atom stereocenters. The molecule has 1 fully saturated rings. The number of ether oxygens (including phenoxy) is 2. The summed E-state index contributed by atoms with van der Waals surface area (Å²) in [6.07, 6.45) is -0.480. The Bertz CT molecular complexity index is 1180. The van der Waals surface area contributed by atoms with Crippen LogP contribution < -0.4 is 10.1 Å². The van der Waals surface area contributed by atoms with E-state index in [2.05, 4.69) is 5.32 Å². The molecule has 13 heteroatoms. The average molecular weight is 493 g/mol. The number of nitrogens with one attached hydrogen (secondary N) is 1. The number of rotatable bonds is 7. The largest absolute Gasteiger partial charge is 0.496 e. The van der Waals surface area contributed by atoms with E-state index in [1.807, 2.05) is 0 Å². The molecular formula is C21H24N4O8S. The first-order valence-electron chi connectivity index (χ1n) is 10.3. The maximum atomic E-state index is 12.9. The molecule has 182 valence electrons. The van der Waals surface area contributed by atoms with Gasteiger partial charge in [-0.1, -0.05) is 0 Å². The lowest BCUT2D eigenvalue weighted by Gasteiger charge is -2.33. The number of piperazine rings is 1. The van der Waals surface area contributed by atoms with E-state index >= 15 is 0 Å². The highest BCUT2D eigenvalue weighted by Crippen LogP contribution is 2.29. The van der Waals surface area contributed by atoms with Crippen LogP contribution in [0.1, 0.15) is 17.3 Å². The number of nitro benzene ring substituents is 1. The Morgan fingerprint density at radius 2 is 1.74 bits per heavy atom. The second kappa shape index (κ2) is 10.5. The van der Waals surface area contributed by atoms with Crippen molar-refractivity contribution in [1.29, 1.82) is 0 Å². The number of hydrogen-bond acceptors (Lipinski definition) is 8. The molecule has 34 heavy (non-hydrogen) atoms. The van der Waals surface area contributed by atoms with Crippen molar-refractivity contribution in [2.75, 3.05) is 45.2 Å². The summed E-state index contributed by atoms with van der Waals surface area (Å²) < 4.78 is 37.1. The summed E-state index contributed by atoms with van der Waals surface area (Å²) in [6.45, 7) is 2.58. The van der Waals surface area contributed by atoms with Gasteiger partial charge >= 0.3 is 6.09 Å². The van der Waals surface area contributed by atoms with Crippen LogP contribution >= 0.6 is 0 Å². The number of sulfonamides is 1. The van der Waals surface area contributed by atoms with Crippen LogP contribution in [-0.4, -0.2) is 74.4 Å². The highest BCUT2D eigenvalue weighted by Gasteiger charge is 2.30. The first kappa shape index (κ1) is 24.9. The van der Waals surface area contributed by atoms with E-state index in [0.717, 1.165) is 0 Å². The van der Waals surface area contributed by atoms with E-state index < -0.39 is 26.9 Å². The highest BCUT2D eigenvalue weighted by atomic mass is 32.2. The van der Waals surface area contributed by atoms with E-state index in [9.17, 15) is 28.1 Å². The summed E-state index contributed by atoms with van der Waals surface area (Å²) in [4.78, 5) is 36.5. The molecule has 1 N–H and O–H groups in total. The Balaban J connectivity index is 1.70. The van der Waals surface area contributed by atoms with Gasteiger partial charge in [-0.3, -0.25) is 14.9 Å². The number of hydrogen-bond donors (Lipinski definition) is 1. The van der Waals surface area contributed by atoms with Gasteiger partial charge in [-0.15, -0.1) is 0 Å². The molecule has 3 rings (SSSR count). The van der Waals surface area contributed by atoms with Gasteiger partial charge in [0.15, 0.2) is 0 Å². The molecule has 0 radical (unpaired) electrons. The fraction of sp³-hybridized carbons (Fsp3) is 0.333.